The van der Waals surface area contributed by atoms with Gasteiger partial charge in [0.2, 0.25) is 0 Å². The molecule has 0 saturated heterocycles. The summed E-state index contributed by atoms with van der Waals surface area (Å²) in [5.41, 5.74) is 7.36. The molecule has 1 aliphatic carbocycles. The lowest BCUT2D eigenvalue weighted by molar-refractivity contribution is 0.689. The Hall–Kier alpha value is -1.60. The van der Waals surface area contributed by atoms with E-state index >= 15 is 0 Å². The van der Waals surface area contributed by atoms with Gasteiger partial charge in [-0.2, -0.15) is 0 Å². The van der Waals surface area contributed by atoms with Crippen molar-refractivity contribution in [2.75, 3.05) is 6.54 Å². The van der Waals surface area contributed by atoms with E-state index in [0.717, 1.165) is 19.4 Å². The molecule has 1 heterocycles. The average Bonchev–Trinajstić information content (AvgIpc) is 2.57. The first-order valence-corrected chi connectivity index (χ1v) is 6.60. The van der Waals surface area contributed by atoms with Crippen molar-refractivity contribution in [3.8, 4) is 0 Å². The van der Waals surface area contributed by atoms with Crippen molar-refractivity contribution in [3.63, 3.8) is 0 Å². The molecule has 1 aliphatic heterocycles. The van der Waals surface area contributed by atoms with E-state index in [1.165, 1.54) is 22.3 Å². The highest BCUT2D eigenvalue weighted by atomic mass is 35.5. The standard InChI is InChI=1S/C17H15N.ClH/c1-2-5-13-9-16-11-18-10-15-7-3-6-14(17(15)16)8-12(13)4-1;/h1-7,10,16H,8-9,11H2;1H. The van der Waals surface area contributed by atoms with Crippen molar-refractivity contribution < 1.29 is 0 Å². The summed E-state index contributed by atoms with van der Waals surface area (Å²) in [5.74, 6) is 0.574. The summed E-state index contributed by atoms with van der Waals surface area (Å²) in [6, 6.07) is 15.5. The molecule has 0 aromatic heterocycles. The van der Waals surface area contributed by atoms with E-state index in [1.54, 1.807) is 5.56 Å². The van der Waals surface area contributed by atoms with Gasteiger partial charge in [0.15, 0.2) is 0 Å². The topological polar surface area (TPSA) is 12.4 Å². The lowest BCUT2D eigenvalue weighted by Gasteiger charge is -2.21. The van der Waals surface area contributed by atoms with Crippen molar-refractivity contribution in [1.82, 2.24) is 0 Å². The Bertz CT molecular complexity index is 645. The molecule has 0 spiro atoms. The Morgan fingerprint density at radius 3 is 2.58 bits per heavy atom. The third-order valence-corrected chi connectivity index (χ3v) is 4.16. The van der Waals surface area contributed by atoms with Crippen molar-refractivity contribution in [1.29, 1.82) is 0 Å². The van der Waals surface area contributed by atoms with Gasteiger partial charge in [-0.05, 0) is 40.7 Å². The third-order valence-electron chi connectivity index (χ3n) is 4.16. The van der Waals surface area contributed by atoms with Crippen LogP contribution in [0.5, 0.6) is 0 Å². The van der Waals surface area contributed by atoms with Crippen LogP contribution in [0.2, 0.25) is 0 Å². The normalized spacial score (nSPS) is 18.8. The van der Waals surface area contributed by atoms with Gasteiger partial charge in [0.25, 0.3) is 0 Å². The largest absolute Gasteiger partial charge is 0.292 e. The maximum atomic E-state index is 4.54. The Balaban J connectivity index is 0.00000110. The number of benzene rings is 2. The molecule has 19 heavy (non-hydrogen) atoms. The smallest absolute Gasteiger partial charge is 0.0461 e. The van der Waals surface area contributed by atoms with Crippen molar-refractivity contribution >= 4 is 18.6 Å². The van der Waals surface area contributed by atoms with E-state index in [2.05, 4.69) is 47.5 Å². The van der Waals surface area contributed by atoms with Crippen LogP contribution in [0.25, 0.3) is 0 Å². The average molecular weight is 270 g/mol. The summed E-state index contributed by atoms with van der Waals surface area (Å²) in [4.78, 5) is 4.54. The van der Waals surface area contributed by atoms with Gasteiger partial charge < -0.3 is 0 Å². The van der Waals surface area contributed by atoms with Crippen LogP contribution in [0, 0.1) is 0 Å². The summed E-state index contributed by atoms with van der Waals surface area (Å²) in [6.07, 6.45) is 4.26. The molecule has 1 atom stereocenters. The zero-order chi connectivity index (χ0) is 11.9. The van der Waals surface area contributed by atoms with Crippen LogP contribution < -0.4 is 0 Å². The van der Waals surface area contributed by atoms with Crippen LogP contribution in [0.1, 0.15) is 33.7 Å². The lowest BCUT2D eigenvalue weighted by atomic mass is 9.86. The first kappa shape index (κ1) is 12.4. The van der Waals surface area contributed by atoms with Gasteiger partial charge in [0.05, 0.1) is 0 Å². The fourth-order valence-corrected chi connectivity index (χ4v) is 3.33. The van der Waals surface area contributed by atoms with Crippen LogP contribution in [0.15, 0.2) is 47.5 Å². The second kappa shape index (κ2) is 4.82. The Morgan fingerprint density at radius 1 is 0.895 bits per heavy atom. The second-order valence-electron chi connectivity index (χ2n) is 5.26. The van der Waals surface area contributed by atoms with Crippen LogP contribution in [-0.4, -0.2) is 12.8 Å². The van der Waals surface area contributed by atoms with Crippen LogP contribution in [-0.2, 0) is 12.8 Å². The number of hydrogen-bond acceptors (Lipinski definition) is 1. The number of fused-ring (bicyclic) bond motifs is 1. The minimum absolute atomic E-state index is 0. The summed E-state index contributed by atoms with van der Waals surface area (Å²) < 4.78 is 0. The Morgan fingerprint density at radius 2 is 1.68 bits per heavy atom. The molecule has 0 bridgehead atoms. The lowest BCUT2D eigenvalue weighted by Crippen LogP contribution is -2.14. The van der Waals surface area contributed by atoms with Crippen molar-refractivity contribution in [2.24, 2.45) is 4.99 Å². The van der Waals surface area contributed by atoms with E-state index < -0.39 is 0 Å². The van der Waals surface area contributed by atoms with Crippen LogP contribution in [0.3, 0.4) is 0 Å². The van der Waals surface area contributed by atoms with Crippen LogP contribution in [0.4, 0.5) is 0 Å². The van der Waals surface area contributed by atoms with Gasteiger partial charge in [-0.3, -0.25) is 4.99 Å². The zero-order valence-corrected chi connectivity index (χ0v) is 11.5. The molecule has 2 aromatic carbocycles. The fourth-order valence-electron chi connectivity index (χ4n) is 3.33. The predicted octanol–water partition coefficient (Wildman–Crippen LogP) is 3.77. The molecule has 1 nitrogen and oxygen atoms in total. The van der Waals surface area contributed by atoms with Gasteiger partial charge >= 0.3 is 0 Å². The van der Waals surface area contributed by atoms with E-state index in [9.17, 15) is 0 Å². The highest BCUT2D eigenvalue weighted by molar-refractivity contribution is 5.85. The number of rotatable bonds is 0. The summed E-state index contributed by atoms with van der Waals surface area (Å²) in [5, 5.41) is 0. The SMILES string of the molecule is C1=NCC2Cc3ccccc3Cc3cccc1c32.Cl. The minimum atomic E-state index is 0. The van der Waals surface area contributed by atoms with Gasteiger partial charge in [-0.15, -0.1) is 12.4 Å². The molecule has 0 radical (unpaired) electrons. The number of nitrogens with zero attached hydrogens (tertiary/aromatic N) is 1. The Labute approximate surface area is 119 Å². The van der Waals surface area contributed by atoms with E-state index in [4.69, 9.17) is 0 Å². The minimum Gasteiger partial charge on any atom is -0.292 e. The number of halogens is 1. The highest BCUT2D eigenvalue weighted by Crippen LogP contribution is 2.35. The quantitative estimate of drug-likeness (QED) is 0.690. The summed E-state index contributed by atoms with van der Waals surface area (Å²) >= 11 is 0. The first-order chi connectivity index (χ1) is 8.92. The Kier molecular flexibility index (Phi) is 3.16. The van der Waals surface area contributed by atoms with Gasteiger partial charge in [0.1, 0.15) is 0 Å². The monoisotopic (exact) mass is 269 g/mol. The second-order valence-corrected chi connectivity index (χ2v) is 5.26. The summed E-state index contributed by atoms with van der Waals surface area (Å²) in [6.45, 7) is 0.943. The van der Waals surface area contributed by atoms with Gasteiger partial charge in [0, 0.05) is 18.7 Å². The van der Waals surface area contributed by atoms with E-state index in [0.29, 0.717) is 5.92 Å². The number of hydrogen-bond donors (Lipinski definition) is 0. The molecule has 2 aromatic rings. The van der Waals surface area contributed by atoms with Gasteiger partial charge in [-0.1, -0.05) is 42.5 Å². The maximum Gasteiger partial charge on any atom is 0.0461 e. The molecule has 96 valence electrons. The molecule has 4 rings (SSSR count). The molecular formula is C17H16ClN. The predicted molar refractivity (Wildman–Crippen MR) is 81.8 cm³/mol. The first-order valence-electron chi connectivity index (χ1n) is 6.60. The molecule has 0 saturated carbocycles. The fraction of sp³-hybridized carbons (Fsp3) is 0.235. The molecule has 0 N–H and O–H groups in total. The molecule has 2 aliphatic rings. The zero-order valence-electron chi connectivity index (χ0n) is 10.7. The third kappa shape index (κ3) is 1.98. The van der Waals surface area contributed by atoms with Gasteiger partial charge in [-0.25, -0.2) is 0 Å². The highest BCUT2D eigenvalue weighted by Gasteiger charge is 2.25. The molecule has 0 amide bonds. The maximum absolute atomic E-state index is 4.54. The van der Waals surface area contributed by atoms with Crippen LogP contribution >= 0.6 is 12.4 Å². The van der Waals surface area contributed by atoms with E-state index in [1.807, 2.05) is 6.21 Å². The van der Waals surface area contributed by atoms with E-state index in [-0.39, 0.29) is 12.4 Å². The molecular weight excluding hydrogens is 254 g/mol. The molecule has 2 heteroatoms. The number of aliphatic imine (C=N–C) groups is 1. The van der Waals surface area contributed by atoms with Crippen molar-refractivity contribution in [2.45, 2.75) is 18.8 Å². The molecule has 0 fully saturated rings. The molecule has 1 unspecified atom stereocenters. The van der Waals surface area contributed by atoms with Crippen molar-refractivity contribution in [3.05, 3.63) is 70.3 Å². The summed E-state index contributed by atoms with van der Waals surface area (Å²) in [7, 11) is 0.